The van der Waals surface area contributed by atoms with Crippen molar-refractivity contribution in [1.82, 2.24) is 0 Å². The molecule has 4 heteroatoms. The summed E-state index contributed by atoms with van der Waals surface area (Å²) in [6.45, 7) is 8.63. The summed E-state index contributed by atoms with van der Waals surface area (Å²) >= 11 is 0. The highest BCUT2D eigenvalue weighted by molar-refractivity contribution is 6.55. The Labute approximate surface area is 183 Å². The molecule has 1 unspecified atom stereocenters. The first-order chi connectivity index (χ1) is 14.8. The Morgan fingerprint density at radius 3 is 2.39 bits per heavy atom. The first-order valence-corrected chi connectivity index (χ1v) is 10.7. The number of ether oxygens (including phenoxy) is 1. The Balaban J connectivity index is 1.53. The number of para-hydroxylation sites is 1. The zero-order valence-electron chi connectivity index (χ0n) is 18.3. The van der Waals surface area contributed by atoms with Crippen LogP contribution in [0.3, 0.4) is 0 Å². The molecule has 0 N–H and O–H groups in total. The summed E-state index contributed by atoms with van der Waals surface area (Å²) in [6.07, 6.45) is 0.938. The summed E-state index contributed by atoms with van der Waals surface area (Å²) in [4.78, 5) is 20.3. The fourth-order valence-electron chi connectivity index (χ4n) is 4.91. The second-order valence-corrected chi connectivity index (χ2v) is 9.18. The number of carbonyl (C=O) groups excluding carboxylic acids is 1. The highest BCUT2D eigenvalue weighted by Crippen LogP contribution is 2.49. The van der Waals surface area contributed by atoms with Crippen LogP contribution < -0.4 is 9.64 Å². The maximum atomic E-state index is 13.5. The van der Waals surface area contributed by atoms with Crippen molar-refractivity contribution in [1.29, 1.82) is 0 Å². The van der Waals surface area contributed by atoms with E-state index in [1.807, 2.05) is 59.5 Å². The number of hydrogen-bond donors (Lipinski definition) is 0. The molecule has 2 heterocycles. The van der Waals surface area contributed by atoms with Gasteiger partial charge in [-0.1, -0.05) is 36.8 Å². The van der Waals surface area contributed by atoms with Gasteiger partial charge in [-0.2, -0.15) is 0 Å². The second kappa shape index (κ2) is 7.09. The quantitative estimate of drug-likeness (QED) is 0.492. The molecule has 0 saturated heterocycles. The van der Waals surface area contributed by atoms with Gasteiger partial charge in [0.2, 0.25) is 0 Å². The van der Waals surface area contributed by atoms with Crippen LogP contribution in [0.25, 0.3) is 0 Å². The lowest BCUT2D eigenvalue weighted by molar-refractivity contribution is -0.113. The van der Waals surface area contributed by atoms with Crippen molar-refractivity contribution in [2.24, 2.45) is 4.99 Å². The molecule has 0 spiro atoms. The molecule has 0 bridgehead atoms. The van der Waals surface area contributed by atoms with Crippen molar-refractivity contribution < 1.29 is 9.53 Å². The van der Waals surface area contributed by atoms with Crippen molar-refractivity contribution in [3.05, 3.63) is 83.4 Å². The number of aliphatic imine (C=N–C) groups is 1. The number of benzene rings is 3. The van der Waals surface area contributed by atoms with Crippen molar-refractivity contribution in [3.8, 4) is 11.5 Å². The van der Waals surface area contributed by atoms with Gasteiger partial charge < -0.3 is 9.64 Å². The van der Waals surface area contributed by atoms with Gasteiger partial charge in [-0.15, -0.1) is 0 Å². The maximum Gasteiger partial charge on any atom is 0.278 e. The van der Waals surface area contributed by atoms with E-state index in [1.165, 1.54) is 5.56 Å². The molecule has 0 radical (unpaired) electrons. The van der Waals surface area contributed by atoms with Crippen molar-refractivity contribution in [2.45, 2.75) is 45.6 Å². The van der Waals surface area contributed by atoms with Crippen LogP contribution in [-0.2, 0) is 4.79 Å². The Morgan fingerprint density at radius 1 is 1.00 bits per heavy atom. The third-order valence-electron chi connectivity index (χ3n) is 6.17. The molecule has 2 aliphatic heterocycles. The molecule has 3 aromatic rings. The molecule has 0 aliphatic carbocycles. The lowest BCUT2D eigenvalue weighted by atomic mass is 9.80. The van der Waals surface area contributed by atoms with E-state index in [-0.39, 0.29) is 11.4 Å². The van der Waals surface area contributed by atoms with Crippen LogP contribution in [-0.4, -0.2) is 17.2 Å². The number of amides is 1. The number of hydrogen-bond acceptors (Lipinski definition) is 3. The maximum absolute atomic E-state index is 13.5. The summed E-state index contributed by atoms with van der Waals surface area (Å²) in [5.74, 6) is 1.92. The number of carbonyl (C=O) groups is 1. The van der Waals surface area contributed by atoms with E-state index >= 15 is 0 Å². The van der Waals surface area contributed by atoms with Crippen LogP contribution in [0, 0.1) is 6.92 Å². The van der Waals surface area contributed by atoms with E-state index in [2.05, 4.69) is 39.8 Å². The minimum absolute atomic E-state index is 0.0108. The first-order valence-electron chi connectivity index (χ1n) is 10.7. The molecule has 0 aromatic heterocycles. The molecule has 5 rings (SSSR count). The average molecular weight is 411 g/mol. The monoisotopic (exact) mass is 410 g/mol. The lowest BCUT2D eigenvalue weighted by Gasteiger charge is -2.43. The Bertz CT molecular complexity index is 1190. The molecule has 156 valence electrons. The van der Waals surface area contributed by atoms with Crippen LogP contribution in [0.15, 0.2) is 71.7 Å². The van der Waals surface area contributed by atoms with Gasteiger partial charge in [0.15, 0.2) is 0 Å². The zero-order chi connectivity index (χ0) is 21.8. The van der Waals surface area contributed by atoms with Crippen molar-refractivity contribution in [2.75, 3.05) is 4.90 Å². The van der Waals surface area contributed by atoms with E-state index in [9.17, 15) is 4.79 Å². The molecule has 0 fully saturated rings. The molecule has 1 amide bonds. The first kappa shape index (κ1) is 19.6. The normalized spacial score (nSPS) is 20.1. The van der Waals surface area contributed by atoms with E-state index in [4.69, 9.17) is 9.73 Å². The van der Waals surface area contributed by atoms with E-state index in [0.717, 1.165) is 40.4 Å². The lowest BCUT2D eigenvalue weighted by Crippen LogP contribution is -2.50. The molecule has 0 saturated carbocycles. The average Bonchev–Trinajstić information content (AvgIpc) is 3.01. The molecule has 4 nitrogen and oxygen atoms in total. The Kier molecular flexibility index (Phi) is 4.47. The van der Waals surface area contributed by atoms with Crippen molar-refractivity contribution in [3.63, 3.8) is 0 Å². The van der Waals surface area contributed by atoms with Crippen LogP contribution in [0.2, 0.25) is 0 Å². The molecule has 31 heavy (non-hydrogen) atoms. The number of nitrogens with zero attached hydrogens (tertiary/aromatic N) is 2. The van der Waals surface area contributed by atoms with Crippen LogP contribution in [0.4, 0.5) is 11.4 Å². The summed E-state index contributed by atoms with van der Waals surface area (Å²) < 4.78 is 5.87. The molecule has 1 atom stereocenters. The largest absolute Gasteiger partial charge is 0.457 e. The topological polar surface area (TPSA) is 41.9 Å². The standard InChI is InChI=1S/C27H26N2O2/c1-17-14-22-18(2)16-27(3,4)29-25(22)23(15-17)24(26(29)30)28-19-10-12-21(13-11-19)31-20-8-6-5-7-9-20/h5-15,18H,16H2,1-4H3. The molecule has 2 aliphatic rings. The molecular weight excluding hydrogens is 384 g/mol. The van der Waals surface area contributed by atoms with Gasteiger partial charge >= 0.3 is 0 Å². The number of anilines is 1. The summed E-state index contributed by atoms with van der Waals surface area (Å²) in [5.41, 5.74) is 5.43. The Hall–Kier alpha value is -3.40. The van der Waals surface area contributed by atoms with Crippen LogP contribution in [0.1, 0.15) is 49.8 Å². The summed E-state index contributed by atoms with van der Waals surface area (Å²) in [5, 5.41) is 0. The van der Waals surface area contributed by atoms with Gasteiger partial charge in [0.05, 0.1) is 11.4 Å². The predicted octanol–water partition coefficient (Wildman–Crippen LogP) is 6.54. The van der Waals surface area contributed by atoms with E-state index in [1.54, 1.807) is 0 Å². The fourth-order valence-corrected chi connectivity index (χ4v) is 4.91. The second-order valence-electron chi connectivity index (χ2n) is 9.18. The molecule has 3 aromatic carbocycles. The van der Waals surface area contributed by atoms with Crippen LogP contribution in [0.5, 0.6) is 11.5 Å². The van der Waals surface area contributed by atoms with Crippen molar-refractivity contribution >= 4 is 23.0 Å². The van der Waals surface area contributed by atoms with Gasteiger partial charge in [-0.05, 0) is 81.1 Å². The summed E-state index contributed by atoms with van der Waals surface area (Å²) in [7, 11) is 0. The SMILES string of the molecule is Cc1cc2c3c(c1)C(C)CC(C)(C)N3C(=O)C2=Nc1ccc(Oc2ccccc2)cc1. The highest BCUT2D eigenvalue weighted by Gasteiger charge is 2.47. The third-order valence-corrected chi connectivity index (χ3v) is 6.17. The minimum Gasteiger partial charge on any atom is -0.457 e. The Morgan fingerprint density at radius 2 is 1.68 bits per heavy atom. The highest BCUT2D eigenvalue weighted by atomic mass is 16.5. The number of aryl methyl sites for hydroxylation is 1. The molecular formula is C27H26N2O2. The van der Waals surface area contributed by atoms with Gasteiger partial charge in [0.25, 0.3) is 5.91 Å². The van der Waals surface area contributed by atoms with Gasteiger partial charge in [-0.3, -0.25) is 4.79 Å². The fraction of sp³-hybridized carbons (Fsp3) is 0.259. The zero-order valence-corrected chi connectivity index (χ0v) is 18.3. The smallest absolute Gasteiger partial charge is 0.278 e. The van der Waals surface area contributed by atoms with Gasteiger partial charge in [0.1, 0.15) is 17.2 Å². The van der Waals surface area contributed by atoms with Crippen LogP contribution >= 0.6 is 0 Å². The van der Waals surface area contributed by atoms with E-state index in [0.29, 0.717) is 11.6 Å². The summed E-state index contributed by atoms with van der Waals surface area (Å²) in [6, 6.07) is 21.5. The van der Waals surface area contributed by atoms with Gasteiger partial charge in [0, 0.05) is 11.1 Å². The third kappa shape index (κ3) is 3.32. The van der Waals surface area contributed by atoms with Gasteiger partial charge in [-0.25, -0.2) is 4.99 Å². The number of rotatable bonds is 3. The van der Waals surface area contributed by atoms with E-state index < -0.39 is 0 Å². The minimum atomic E-state index is -0.238. The predicted molar refractivity (Wildman–Crippen MR) is 125 cm³/mol.